The van der Waals surface area contributed by atoms with Crippen LogP contribution < -0.4 is 10.2 Å². The highest BCUT2D eigenvalue weighted by Crippen LogP contribution is 2.31. The molecule has 1 saturated heterocycles. The maximum Gasteiger partial charge on any atom is 0.223 e. The van der Waals surface area contributed by atoms with Gasteiger partial charge in [-0.2, -0.15) is 10.2 Å². The molecule has 1 aliphatic heterocycles. The van der Waals surface area contributed by atoms with Crippen molar-refractivity contribution in [2.75, 3.05) is 37.7 Å². The van der Waals surface area contributed by atoms with Gasteiger partial charge < -0.3 is 15.0 Å². The fourth-order valence-corrected chi connectivity index (χ4v) is 4.49. The summed E-state index contributed by atoms with van der Waals surface area (Å²) < 4.78 is 7.31. The lowest BCUT2D eigenvalue weighted by atomic mass is 9.95. The van der Waals surface area contributed by atoms with Crippen LogP contribution in [0.2, 0.25) is 0 Å². The number of aryl methyl sites for hydroxylation is 3. The quantitative estimate of drug-likeness (QED) is 0.529. The summed E-state index contributed by atoms with van der Waals surface area (Å²) in [6.07, 6.45) is 2.44. The van der Waals surface area contributed by atoms with Crippen molar-refractivity contribution in [1.29, 1.82) is 0 Å². The molecule has 3 heterocycles. The Labute approximate surface area is 195 Å². The second-order valence-corrected chi connectivity index (χ2v) is 8.77. The van der Waals surface area contributed by atoms with Gasteiger partial charge in [0.1, 0.15) is 5.52 Å². The first-order valence-corrected chi connectivity index (χ1v) is 11.9. The number of aromatic nitrogens is 4. The smallest absolute Gasteiger partial charge is 0.223 e. The van der Waals surface area contributed by atoms with Crippen molar-refractivity contribution >= 4 is 22.6 Å². The lowest BCUT2D eigenvalue weighted by Gasteiger charge is -2.32. The average Bonchev–Trinajstić information content (AvgIpc) is 3.17. The second kappa shape index (κ2) is 10.3. The van der Waals surface area contributed by atoms with Gasteiger partial charge in [0.15, 0.2) is 5.82 Å². The third-order valence-electron chi connectivity index (χ3n) is 6.40. The van der Waals surface area contributed by atoms with Gasteiger partial charge >= 0.3 is 0 Å². The molecule has 0 saturated carbocycles. The summed E-state index contributed by atoms with van der Waals surface area (Å²) in [5, 5.41) is 18.0. The highest BCUT2D eigenvalue weighted by Gasteiger charge is 2.28. The van der Waals surface area contributed by atoms with Gasteiger partial charge in [0, 0.05) is 38.8 Å². The fourth-order valence-electron chi connectivity index (χ4n) is 4.49. The van der Waals surface area contributed by atoms with E-state index in [1.807, 2.05) is 18.5 Å². The van der Waals surface area contributed by atoms with Crippen LogP contribution in [0, 0.1) is 26.7 Å². The molecular formula is C25H34N6O2. The molecule has 176 valence electrons. The van der Waals surface area contributed by atoms with E-state index in [-0.39, 0.29) is 11.8 Å². The van der Waals surface area contributed by atoms with E-state index in [1.165, 1.54) is 5.56 Å². The van der Waals surface area contributed by atoms with Crippen LogP contribution >= 0.6 is 0 Å². The van der Waals surface area contributed by atoms with Gasteiger partial charge in [-0.15, -0.1) is 5.10 Å². The molecule has 0 radical (unpaired) electrons. The molecule has 4 rings (SSSR count). The minimum Gasteiger partial charge on any atom is -0.382 e. The van der Waals surface area contributed by atoms with Crippen molar-refractivity contribution in [3.63, 3.8) is 0 Å². The topological polar surface area (TPSA) is 85.2 Å². The Balaban J connectivity index is 1.48. The highest BCUT2D eigenvalue weighted by molar-refractivity contribution is 5.92. The average molecular weight is 451 g/mol. The van der Waals surface area contributed by atoms with Gasteiger partial charge in [-0.3, -0.25) is 4.79 Å². The molecule has 1 aromatic carbocycles. The van der Waals surface area contributed by atoms with Crippen LogP contribution in [-0.4, -0.2) is 58.7 Å². The molecule has 1 N–H and O–H groups in total. The first-order valence-electron chi connectivity index (χ1n) is 11.9. The van der Waals surface area contributed by atoms with Gasteiger partial charge in [-0.05, 0) is 59.1 Å². The Morgan fingerprint density at radius 3 is 2.55 bits per heavy atom. The first kappa shape index (κ1) is 23.2. The lowest BCUT2D eigenvalue weighted by Crippen LogP contribution is -2.41. The van der Waals surface area contributed by atoms with Crippen LogP contribution in [0.3, 0.4) is 0 Å². The van der Waals surface area contributed by atoms with Crippen molar-refractivity contribution in [2.45, 2.75) is 47.0 Å². The van der Waals surface area contributed by atoms with Crippen molar-refractivity contribution in [3.8, 4) is 5.69 Å². The van der Waals surface area contributed by atoms with E-state index in [0.29, 0.717) is 19.8 Å². The number of anilines is 1. The van der Waals surface area contributed by atoms with E-state index in [9.17, 15) is 4.79 Å². The molecule has 3 aromatic rings. The second-order valence-electron chi connectivity index (χ2n) is 8.77. The number of fused-ring (bicyclic) bond motifs is 1. The van der Waals surface area contributed by atoms with Crippen LogP contribution in [0.4, 0.5) is 5.82 Å². The van der Waals surface area contributed by atoms with E-state index in [1.54, 1.807) is 0 Å². The van der Waals surface area contributed by atoms with E-state index >= 15 is 0 Å². The number of carbonyl (C=O) groups is 1. The monoisotopic (exact) mass is 450 g/mol. The molecule has 0 atom stereocenters. The minimum absolute atomic E-state index is 0.0362. The predicted molar refractivity (Wildman–Crippen MR) is 130 cm³/mol. The molecule has 1 fully saturated rings. The van der Waals surface area contributed by atoms with Crippen molar-refractivity contribution in [2.24, 2.45) is 5.92 Å². The van der Waals surface area contributed by atoms with Gasteiger partial charge in [0.25, 0.3) is 0 Å². The molecule has 0 bridgehead atoms. The Kier molecular flexibility index (Phi) is 7.23. The number of nitrogens with one attached hydrogen (secondary N) is 1. The van der Waals surface area contributed by atoms with Gasteiger partial charge in [-0.25, -0.2) is 4.68 Å². The number of ether oxygens (including phenoxy) is 1. The lowest BCUT2D eigenvalue weighted by molar-refractivity contribution is -0.125. The van der Waals surface area contributed by atoms with Crippen LogP contribution in [0.5, 0.6) is 0 Å². The standard InChI is InChI=1S/C25H34N6O2/c1-5-33-16-6-13-26-25(32)20-11-14-30(15-12-20)24-23-22(18(3)27-28-24)19(4)31(29-23)21-9-7-17(2)8-10-21/h7-10,20H,5-6,11-16H2,1-4H3,(H,26,32). The zero-order valence-corrected chi connectivity index (χ0v) is 20.1. The molecule has 0 unspecified atom stereocenters. The fraction of sp³-hybridized carbons (Fsp3) is 0.520. The van der Waals surface area contributed by atoms with Gasteiger partial charge in [-0.1, -0.05) is 17.7 Å². The van der Waals surface area contributed by atoms with Crippen LogP contribution in [0.25, 0.3) is 16.6 Å². The number of carbonyl (C=O) groups excluding carboxylic acids is 1. The van der Waals surface area contributed by atoms with E-state index in [4.69, 9.17) is 9.84 Å². The summed E-state index contributed by atoms with van der Waals surface area (Å²) in [7, 11) is 0. The molecule has 2 aromatic heterocycles. The summed E-state index contributed by atoms with van der Waals surface area (Å²) >= 11 is 0. The summed E-state index contributed by atoms with van der Waals surface area (Å²) in [5.74, 6) is 0.986. The maximum absolute atomic E-state index is 12.5. The molecule has 33 heavy (non-hydrogen) atoms. The number of rotatable bonds is 8. The van der Waals surface area contributed by atoms with Crippen LogP contribution in [0.15, 0.2) is 24.3 Å². The van der Waals surface area contributed by atoms with Crippen LogP contribution in [-0.2, 0) is 9.53 Å². The Morgan fingerprint density at radius 1 is 1.12 bits per heavy atom. The third-order valence-corrected chi connectivity index (χ3v) is 6.40. The minimum atomic E-state index is 0.0362. The van der Waals surface area contributed by atoms with Gasteiger partial charge in [0.2, 0.25) is 5.91 Å². The van der Waals surface area contributed by atoms with E-state index < -0.39 is 0 Å². The Bertz CT molecular complexity index is 1100. The molecular weight excluding hydrogens is 416 g/mol. The van der Waals surface area contributed by atoms with Crippen molar-refractivity contribution in [3.05, 3.63) is 41.2 Å². The van der Waals surface area contributed by atoms with E-state index in [2.05, 4.69) is 58.5 Å². The first-order chi connectivity index (χ1) is 16.0. The number of benzene rings is 1. The zero-order valence-electron chi connectivity index (χ0n) is 20.1. The molecule has 1 aliphatic rings. The Hall–Kier alpha value is -3.00. The normalized spacial score (nSPS) is 14.7. The molecule has 0 spiro atoms. The molecule has 8 nitrogen and oxygen atoms in total. The Morgan fingerprint density at radius 2 is 1.85 bits per heavy atom. The number of piperidine rings is 1. The van der Waals surface area contributed by atoms with E-state index in [0.717, 1.165) is 66.1 Å². The number of amides is 1. The number of hydrogen-bond acceptors (Lipinski definition) is 6. The number of nitrogens with zero attached hydrogens (tertiary/aromatic N) is 5. The van der Waals surface area contributed by atoms with Gasteiger partial charge in [0.05, 0.1) is 22.5 Å². The van der Waals surface area contributed by atoms with Crippen molar-refractivity contribution < 1.29 is 9.53 Å². The summed E-state index contributed by atoms with van der Waals surface area (Å²) in [6.45, 7) is 11.7. The molecule has 1 amide bonds. The maximum atomic E-state index is 12.5. The molecule has 8 heteroatoms. The SMILES string of the molecule is CCOCCCNC(=O)C1CCN(c2nnc(C)c3c(C)n(-c4ccc(C)cc4)nc23)CC1. The number of hydrogen-bond donors (Lipinski definition) is 1. The third kappa shape index (κ3) is 5.00. The largest absolute Gasteiger partial charge is 0.382 e. The summed E-state index contributed by atoms with van der Waals surface area (Å²) in [5.41, 5.74) is 5.06. The molecule has 0 aliphatic carbocycles. The van der Waals surface area contributed by atoms with Crippen molar-refractivity contribution in [1.82, 2.24) is 25.3 Å². The zero-order chi connectivity index (χ0) is 23.4. The predicted octanol–water partition coefficient (Wildman–Crippen LogP) is 3.50. The summed E-state index contributed by atoms with van der Waals surface area (Å²) in [4.78, 5) is 14.8. The highest BCUT2D eigenvalue weighted by atomic mass is 16.5. The summed E-state index contributed by atoms with van der Waals surface area (Å²) in [6, 6.07) is 8.36. The van der Waals surface area contributed by atoms with Crippen LogP contribution in [0.1, 0.15) is 43.1 Å².